The first kappa shape index (κ1) is 16.4. The van der Waals surface area contributed by atoms with Gasteiger partial charge in [-0.05, 0) is 46.6 Å². The van der Waals surface area contributed by atoms with Crippen molar-refractivity contribution in [2.45, 2.75) is 20.4 Å². The maximum atomic E-state index is 5.76. The third kappa shape index (κ3) is 5.37. The highest BCUT2D eigenvalue weighted by Gasteiger charge is 2.06. The summed E-state index contributed by atoms with van der Waals surface area (Å²) in [6.45, 7) is 5.97. The molecule has 0 atom stereocenters. The number of rotatable bonds is 6. The summed E-state index contributed by atoms with van der Waals surface area (Å²) in [5.74, 6) is 1.80. The molecule has 21 heavy (non-hydrogen) atoms. The Balaban J connectivity index is 2.03. The van der Waals surface area contributed by atoms with Gasteiger partial charge in [-0.15, -0.1) is 0 Å². The fourth-order valence-corrected chi connectivity index (χ4v) is 2.81. The molecule has 0 saturated heterocycles. The largest absolute Gasteiger partial charge is 0.436 e. The molecule has 2 rings (SSSR count). The van der Waals surface area contributed by atoms with Gasteiger partial charge in [-0.1, -0.05) is 29.8 Å². The van der Waals surface area contributed by atoms with Crippen molar-refractivity contribution in [2.24, 2.45) is 5.92 Å². The van der Waals surface area contributed by atoms with Gasteiger partial charge in [0.1, 0.15) is 5.75 Å². The summed E-state index contributed by atoms with van der Waals surface area (Å²) in [4.78, 5) is 8.62. The van der Waals surface area contributed by atoms with Crippen molar-refractivity contribution >= 4 is 31.9 Å². The monoisotopic (exact) mass is 413 g/mol. The zero-order valence-electron chi connectivity index (χ0n) is 11.9. The molecule has 0 amide bonds. The van der Waals surface area contributed by atoms with Gasteiger partial charge in [0.05, 0.1) is 16.4 Å². The Morgan fingerprint density at radius 3 is 2.76 bits per heavy atom. The number of halogens is 2. The first-order valence-electron chi connectivity index (χ1n) is 6.69. The lowest BCUT2D eigenvalue weighted by atomic mass is 10.2. The summed E-state index contributed by atoms with van der Waals surface area (Å²) < 4.78 is 7.61. The van der Waals surface area contributed by atoms with Gasteiger partial charge >= 0.3 is 0 Å². The van der Waals surface area contributed by atoms with Crippen LogP contribution < -0.4 is 10.1 Å². The zero-order chi connectivity index (χ0) is 15.2. The van der Waals surface area contributed by atoms with Crippen LogP contribution in [0.25, 0.3) is 0 Å². The minimum Gasteiger partial charge on any atom is -0.436 e. The lowest BCUT2D eigenvalue weighted by Crippen LogP contribution is -2.19. The second kappa shape index (κ2) is 7.87. The van der Waals surface area contributed by atoms with Crippen LogP contribution in [0.3, 0.4) is 0 Å². The minimum absolute atomic E-state index is 0.488. The fourth-order valence-electron chi connectivity index (χ4n) is 1.68. The smallest absolute Gasteiger partial charge is 0.238 e. The summed E-state index contributed by atoms with van der Waals surface area (Å²) in [6, 6.07) is 5.72. The van der Waals surface area contributed by atoms with E-state index in [4.69, 9.17) is 4.74 Å². The van der Waals surface area contributed by atoms with E-state index in [1.807, 2.05) is 18.2 Å². The first-order chi connectivity index (χ1) is 10.0. The summed E-state index contributed by atoms with van der Waals surface area (Å²) in [5.41, 5.74) is 0.862. The Kier molecular flexibility index (Phi) is 6.14. The Labute approximate surface area is 141 Å². The van der Waals surface area contributed by atoms with Gasteiger partial charge in [-0.3, -0.25) is 4.98 Å². The molecule has 0 aliphatic carbocycles. The van der Waals surface area contributed by atoms with Crippen LogP contribution in [0.4, 0.5) is 0 Å². The van der Waals surface area contributed by atoms with Gasteiger partial charge in [0.25, 0.3) is 0 Å². The zero-order valence-corrected chi connectivity index (χ0v) is 15.1. The highest BCUT2D eigenvalue weighted by atomic mass is 79.9. The van der Waals surface area contributed by atoms with Crippen LogP contribution >= 0.6 is 31.9 Å². The number of benzene rings is 1. The number of hydrogen-bond donors (Lipinski definition) is 1. The lowest BCUT2D eigenvalue weighted by molar-refractivity contribution is 0.452. The van der Waals surface area contributed by atoms with Crippen molar-refractivity contribution in [3.05, 3.63) is 45.2 Å². The Hall–Kier alpha value is -0.980. The van der Waals surface area contributed by atoms with Crippen LogP contribution in [0.15, 0.2) is 39.5 Å². The van der Waals surface area contributed by atoms with Crippen LogP contribution in [0.2, 0.25) is 0 Å². The number of aromatic nitrogens is 2. The third-order valence-electron chi connectivity index (χ3n) is 2.63. The molecule has 0 aliphatic heterocycles. The molecule has 1 heterocycles. The maximum Gasteiger partial charge on any atom is 0.238 e. The maximum absolute atomic E-state index is 5.76. The molecular weight excluding hydrogens is 398 g/mol. The van der Waals surface area contributed by atoms with E-state index in [2.05, 4.69) is 61.0 Å². The molecule has 6 heteroatoms. The number of hydrogen-bond acceptors (Lipinski definition) is 4. The van der Waals surface area contributed by atoms with Crippen molar-refractivity contribution in [3.63, 3.8) is 0 Å². The Morgan fingerprint density at radius 2 is 2.05 bits per heavy atom. The standard InChI is InChI=1S/C15H17Br2N3O/c1-10(2)6-18-7-12-8-19-9-15(20-12)21-14-4-3-11(16)5-13(14)17/h3-5,8-10,18H,6-7H2,1-2H3. The van der Waals surface area contributed by atoms with Gasteiger partial charge in [-0.2, -0.15) is 0 Å². The van der Waals surface area contributed by atoms with Crippen molar-refractivity contribution < 1.29 is 4.74 Å². The topological polar surface area (TPSA) is 47.0 Å². The van der Waals surface area contributed by atoms with Gasteiger partial charge in [0, 0.05) is 17.2 Å². The van der Waals surface area contributed by atoms with Crippen molar-refractivity contribution in [3.8, 4) is 11.6 Å². The number of nitrogens with zero attached hydrogens (tertiary/aromatic N) is 2. The number of nitrogens with one attached hydrogen (secondary N) is 1. The molecule has 0 unspecified atom stereocenters. The highest BCUT2D eigenvalue weighted by molar-refractivity contribution is 9.11. The van der Waals surface area contributed by atoms with E-state index in [0.29, 0.717) is 24.1 Å². The van der Waals surface area contributed by atoms with Crippen molar-refractivity contribution in [1.29, 1.82) is 0 Å². The number of ether oxygens (including phenoxy) is 1. The first-order valence-corrected chi connectivity index (χ1v) is 8.27. The summed E-state index contributed by atoms with van der Waals surface area (Å²) in [6.07, 6.45) is 3.36. The normalized spacial score (nSPS) is 10.9. The molecule has 4 nitrogen and oxygen atoms in total. The average Bonchev–Trinajstić information content (AvgIpc) is 2.42. The Bertz CT molecular complexity index is 605. The van der Waals surface area contributed by atoms with Crippen molar-refractivity contribution in [1.82, 2.24) is 15.3 Å². The Morgan fingerprint density at radius 1 is 1.24 bits per heavy atom. The summed E-state index contributed by atoms with van der Waals surface area (Å²) in [7, 11) is 0. The van der Waals surface area contributed by atoms with Crippen molar-refractivity contribution in [2.75, 3.05) is 6.54 Å². The highest BCUT2D eigenvalue weighted by Crippen LogP contribution is 2.31. The van der Waals surface area contributed by atoms with E-state index in [1.54, 1.807) is 12.4 Å². The molecule has 2 aromatic rings. The van der Waals surface area contributed by atoms with Crippen LogP contribution in [0.1, 0.15) is 19.5 Å². The molecule has 0 fully saturated rings. The predicted octanol–water partition coefficient (Wildman–Crippen LogP) is 4.54. The van der Waals surface area contributed by atoms with Crippen LogP contribution in [-0.4, -0.2) is 16.5 Å². The minimum atomic E-state index is 0.488. The molecule has 0 saturated carbocycles. The molecule has 0 spiro atoms. The van der Waals surface area contributed by atoms with E-state index < -0.39 is 0 Å². The van der Waals surface area contributed by atoms with Crippen LogP contribution in [0, 0.1) is 5.92 Å². The summed E-state index contributed by atoms with van der Waals surface area (Å²) in [5, 5.41) is 3.34. The fraction of sp³-hybridized carbons (Fsp3) is 0.333. The quantitative estimate of drug-likeness (QED) is 0.753. The van der Waals surface area contributed by atoms with E-state index >= 15 is 0 Å². The molecule has 0 aliphatic rings. The van der Waals surface area contributed by atoms with Gasteiger partial charge in [0.2, 0.25) is 5.88 Å². The van der Waals surface area contributed by atoms with Gasteiger partial charge in [-0.25, -0.2) is 4.98 Å². The SMILES string of the molecule is CC(C)CNCc1cncc(Oc2ccc(Br)cc2Br)n1. The second-order valence-electron chi connectivity index (χ2n) is 5.05. The van der Waals surface area contributed by atoms with Crippen LogP contribution in [-0.2, 0) is 6.54 Å². The average molecular weight is 415 g/mol. The van der Waals surface area contributed by atoms with E-state index in [-0.39, 0.29) is 0 Å². The van der Waals surface area contributed by atoms with Gasteiger partial charge < -0.3 is 10.1 Å². The van der Waals surface area contributed by atoms with Gasteiger partial charge in [0.15, 0.2) is 0 Å². The summed E-state index contributed by atoms with van der Waals surface area (Å²) >= 11 is 6.88. The van der Waals surface area contributed by atoms with E-state index in [1.165, 1.54) is 0 Å². The molecule has 1 N–H and O–H groups in total. The molecule has 1 aromatic carbocycles. The van der Waals surface area contributed by atoms with Crippen LogP contribution in [0.5, 0.6) is 11.6 Å². The molecule has 112 valence electrons. The molecule has 1 aromatic heterocycles. The molecular formula is C15H17Br2N3O. The lowest BCUT2D eigenvalue weighted by Gasteiger charge is -2.09. The molecule has 0 bridgehead atoms. The molecule has 0 radical (unpaired) electrons. The second-order valence-corrected chi connectivity index (χ2v) is 6.82. The van der Waals surface area contributed by atoms with E-state index in [9.17, 15) is 0 Å². The third-order valence-corrected chi connectivity index (χ3v) is 3.74. The van der Waals surface area contributed by atoms with E-state index in [0.717, 1.165) is 21.2 Å². The predicted molar refractivity (Wildman–Crippen MR) is 90.5 cm³/mol.